The molecule has 0 N–H and O–H groups in total. The number of rotatable bonds is 8. The van der Waals surface area contributed by atoms with Crippen LogP contribution in [0.4, 0.5) is 0 Å². The quantitative estimate of drug-likeness (QED) is 0.438. The predicted octanol–water partition coefficient (Wildman–Crippen LogP) is 5.52. The molecule has 3 saturated heterocycles. The number of ether oxygens (including phenoxy) is 5. The van der Waals surface area contributed by atoms with Crippen molar-refractivity contribution in [1.82, 2.24) is 5.06 Å². The van der Waals surface area contributed by atoms with Gasteiger partial charge in [0.2, 0.25) is 0 Å². The van der Waals surface area contributed by atoms with Gasteiger partial charge in [-0.15, -0.1) is 0 Å². The fourth-order valence-corrected chi connectivity index (χ4v) is 6.00. The number of hydrogen-bond donors (Lipinski definition) is 0. The maximum atomic E-state index is 6.77. The first kappa shape index (κ1) is 28.7. The van der Waals surface area contributed by atoms with Crippen molar-refractivity contribution in [2.75, 3.05) is 6.54 Å². The molecular weight excluding hydrogens is 494 g/mol. The molecule has 0 saturated carbocycles. The second-order valence-electron chi connectivity index (χ2n) is 13.0. The number of benzene rings is 2. The Bertz CT molecular complexity index is 1050. The Kier molecular flexibility index (Phi) is 8.51. The summed E-state index contributed by atoms with van der Waals surface area (Å²) in [7, 11) is 0. The molecule has 2 aromatic rings. The van der Waals surface area contributed by atoms with Crippen LogP contribution in [0.5, 0.6) is 0 Å². The summed E-state index contributed by atoms with van der Waals surface area (Å²) in [6.07, 6.45) is -1.56. The van der Waals surface area contributed by atoms with E-state index in [2.05, 4.69) is 65.8 Å². The summed E-state index contributed by atoms with van der Waals surface area (Å²) in [6, 6.07) is 20.4. The fourth-order valence-electron chi connectivity index (χ4n) is 6.00. The average Bonchev–Trinajstić information content (AvgIpc) is 3.36. The smallest absolute Gasteiger partial charge is 0.185 e. The standard InChI is InChI=1S/C32H45NO6/c1-21-27(34-19-22-14-10-8-11-15-22)29(35-20-23-16-12-9-13-17-23)25-26-28(38-32(5,6)7)24(37-31(2,3)4)18-33(26)39-30(25)36-21/h8-17,21,24-30H,18-20H2,1-7H3/t21-,24+,25-,26-,27-,28-,29-,30-/m0/s1. The summed E-state index contributed by atoms with van der Waals surface area (Å²) in [6.45, 7) is 16.1. The van der Waals surface area contributed by atoms with Crippen LogP contribution in [0.2, 0.25) is 0 Å². The zero-order valence-corrected chi connectivity index (χ0v) is 24.4. The van der Waals surface area contributed by atoms with Crippen molar-refractivity contribution < 1.29 is 28.5 Å². The Hall–Kier alpha value is -1.84. The Morgan fingerprint density at radius 2 is 1.28 bits per heavy atom. The van der Waals surface area contributed by atoms with E-state index < -0.39 is 6.29 Å². The third-order valence-corrected chi connectivity index (χ3v) is 7.42. The molecule has 0 aromatic heterocycles. The van der Waals surface area contributed by atoms with Crippen molar-refractivity contribution in [3.8, 4) is 0 Å². The molecule has 5 rings (SSSR count). The van der Waals surface area contributed by atoms with E-state index >= 15 is 0 Å². The highest BCUT2D eigenvalue weighted by Gasteiger charge is 2.63. The van der Waals surface area contributed by atoms with Crippen molar-refractivity contribution in [2.45, 2.75) is 116 Å². The molecule has 0 amide bonds. The first-order valence-corrected chi connectivity index (χ1v) is 14.2. The van der Waals surface area contributed by atoms with E-state index in [9.17, 15) is 0 Å². The highest BCUT2D eigenvalue weighted by atomic mass is 16.8. The summed E-state index contributed by atoms with van der Waals surface area (Å²) in [4.78, 5) is 6.46. The Labute approximate surface area is 233 Å². The maximum Gasteiger partial charge on any atom is 0.185 e. The molecule has 0 unspecified atom stereocenters. The minimum Gasteiger partial charge on any atom is -0.370 e. The molecule has 2 aromatic carbocycles. The SMILES string of the molecule is C[C@@H]1O[C@H]2ON3C[C@@H](OC(C)(C)C)[C@H](OC(C)(C)C)[C@@H]3[C@H]2[C@H](OCc2ccccc2)[C@H]1OCc1ccccc1. The number of hydrogen-bond acceptors (Lipinski definition) is 7. The van der Waals surface area contributed by atoms with E-state index in [0.29, 0.717) is 19.8 Å². The van der Waals surface area contributed by atoms with Crippen LogP contribution in [0.1, 0.15) is 59.6 Å². The molecule has 39 heavy (non-hydrogen) atoms. The molecule has 3 heterocycles. The van der Waals surface area contributed by atoms with Crippen LogP contribution in [0, 0.1) is 5.92 Å². The molecule has 3 aliphatic rings. The van der Waals surface area contributed by atoms with E-state index in [1.54, 1.807) is 0 Å². The first-order valence-electron chi connectivity index (χ1n) is 14.2. The molecule has 0 bridgehead atoms. The lowest BCUT2D eigenvalue weighted by atomic mass is 9.83. The fraction of sp³-hybridized carbons (Fsp3) is 0.625. The maximum absolute atomic E-state index is 6.77. The molecule has 0 radical (unpaired) electrons. The second kappa shape index (κ2) is 11.6. The van der Waals surface area contributed by atoms with Crippen LogP contribution in [-0.2, 0) is 41.7 Å². The molecule has 3 fully saturated rings. The number of nitrogens with zero attached hydrogens (tertiary/aromatic N) is 1. The Balaban J connectivity index is 1.45. The third-order valence-electron chi connectivity index (χ3n) is 7.42. The summed E-state index contributed by atoms with van der Waals surface area (Å²) < 4.78 is 33.1. The van der Waals surface area contributed by atoms with Gasteiger partial charge in [-0.25, -0.2) is 0 Å². The summed E-state index contributed by atoms with van der Waals surface area (Å²) >= 11 is 0. The molecule has 0 spiro atoms. The van der Waals surface area contributed by atoms with Crippen molar-refractivity contribution in [2.24, 2.45) is 5.92 Å². The van der Waals surface area contributed by atoms with Crippen molar-refractivity contribution in [3.63, 3.8) is 0 Å². The molecule has 3 aliphatic heterocycles. The molecule has 7 nitrogen and oxygen atoms in total. The topological polar surface area (TPSA) is 58.6 Å². The largest absolute Gasteiger partial charge is 0.370 e. The van der Waals surface area contributed by atoms with Gasteiger partial charge in [0.05, 0.1) is 55.1 Å². The van der Waals surface area contributed by atoms with Crippen LogP contribution in [0.3, 0.4) is 0 Å². The lowest BCUT2D eigenvalue weighted by Crippen LogP contribution is -2.59. The van der Waals surface area contributed by atoms with Gasteiger partial charge in [0.1, 0.15) is 18.3 Å². The minimum absolute atomic E-state index is 0.0994. The van der Waals surface area contributed by atoms with Crippen molar-refractivity contribution in [3.05, 3.63) is 71.8 Å². The Morgan fingerprint density at radius 3 is 1.82 bits per heavy atom. The second-order valence-corrected chi connectivity index (χ2v) is 13.0. The summed E-state index contributed by atoms with van der Waals surface area (Å²) in [5.41, 5.74) is 1.57. The highest BCUT2D eigenvalue weighted by molar-refractivity contribution is 5.15. The first-order chi connectivity index (χ1) is 18.5. The van der Waals surface area contributed by atoms with Gasteiger partial charge in [-0.05, 0) is 59.6 Å². The van der Waals surface area contributed by atoms with E-state index in [1.807, 2.05) is 48.4 Å². The van der Waals surface area contributed by atoms with E-state index in [-0.39, 0.29) is 53.7 Å². The predicted molar refractivity (Wildman–Crippen MR) is 149 cm³/mol. The van der Waals surface area contributed by atoms with Gasteiger partial charge in [-0.3, -0.25) is 4.84 Å². The summed E-state index contributed by atoms with van der Waals surface area (Å²) in [5, 5.41) is 2.02. The van der Waals surface area contributed by atoms with Crippen LogP contribution >= 0.6 is 0 Å². The van der Waals surface area contributed by atoms with E-state index in [1.165, 1.54) is 0 Å². The monoisotopic (exact) mass is 539 g/mol. The lowest BCUT2D eigenvalue weighted by Gasteiger charge is -2.45. The summed E-state index contributed by atoms with van der Waals surface area (Å²) in [5.74, 6) is -0.119. The van der Waals surface area contributed by atoms with Gasteiger partial charge in [0.25, 0.3) is 0 Å². The van der Waals surface area contributed by atoms with Crippen molar-refractivity contribution in [1.29, 1.82) is 0 Å². The zero-order chi connectivity index (χ0) is 27.8. The highest BCUT2D eigenvalue weighted by Crippen LogP contribution is 2.47. The Morgan fingerprint density at radius 1 is 0.744 bits per heavy atom. The molecule has 7 heteroatoms. The number of fused-ring (bicyclic) bond motifs is 3. The van der Waals surface area contributed by atoms with Gasteiger partial charge in [0.15, 0.2) is 6.29 Å². The van der Waals surface area contributed by atoms with Crippen LogP contribution < -0.4 is 0 Å². The van der Waals surface area contributed by atoms with Gasteiger partial charge in [0, 0.05) is 0 Å². The number of hydroxylamine groups is 2. The van der Waals surface area contributed by atoms with E-state index in [0.717, 1.165) is 11.1 Å². The molecule has 214 valence electrons. The molecule has 8 atom stereocenters. The lowest BCUT2D eigenvalue weighted by molar-refractivity contribution is -0.305. The van der Waals surface area contributed by atoms with Crippen molar-refractivity contribution >= 4 is 0 Å². The van der Waals surface area contributed by atoms with Crippen LogP contribution in [-0.4, -0.2) is 65.7 Å². The van der Waals surface area contributed by atoms with Gasteiger partial charge >= 0.3 is 0 Å². The van der Waals surface area contributed by atoms with Gasteiger partial charge < -0.3 is 23.7 Å². The zero-order valence-electron chi connectivity index (χ0n) is 24.4. The van der Waals surface area contributed by atoms with E-state index in [4.69, 9.17) is 28.5 Å². The van der Waals surface area contributed by atoms with Crippen LogP contribution in [0.15, 0.2) is 60.7 Å². The molecular formula is C32H45NO6. The van der Waals surface area contributed by atoms with Crippen LogP contribution in [0.25, 0.3) is 0 Å². The normalized spacial score (nSPS) is 33.2. The minimum atomic E-state index is -0.441. The van der Waals surface area contributed by atoms with Gasteiger partial charge in [-0.2, -0.15) is 5.06 Å². The molecule has 0 aliphatic carbocycles. The average molecular weight is 540 g/mol. The third kappa shape index (κ3) is 6.91. The van der Waals surface area contributed by atoms with Gasteiger partial charge in [-0.1, -0.05) is 60.7 Å².